The lowest BCUT2D eigenvalue weighted by atomic mass is 10.2. The predicted molar refractivity (Wildman–Crippen MR) is 82.9 cm³/mol. The number of amides is 1. The molecule has 0 radical (unpaired) electrons. The zero-order chi connectivity index (χ0) is 15.9. The Kier molecular flexibility index (Phi) is 5.14. The van der Waals surface area contributed by atoms with E-state index in [1.807, 2.05) is 18.2 Å². The van der Waals surface area contributed by atoms with Crippen LogP contribution in [-0.2, 0) is 9.53 Å². The highest BCUT2D eigenvalue weighted by Crippen LogP contribution is 2.14. The van der Waals surface area contributed by atoms with Crippen LogP contribution in [0, 0.1) is 0 Å². The number of hydrogen-bond acceptors (Lipinski definition) is 4. The van der Waals surface area contributed by atoms with Crippen molar-refractivity contribution in [2.24, 2.45) is 0 Å². The Morgan fingerprint density at radius 3 is 2.45 bits per heavy atom. The quantitative estimate of drug-likeness (QED) is 0.862. The fourth-order valence-corrected chi connectivity index (χ4v) is 1.80. The standard InChI is InChI=1S/C17H17NO4/c1-12(16(19)18-14-8-4-3-5-9-14)22-17(20)13-7-6-10-15(11-13)21-2/h3-12H,1-2H3,(H,18,19)/t12-/m1/s1. The van der Waals surface area contributed by atoms with Gasteiger partial charge in [-0.25, -0.2) is 4.79 Å². The van der Waals surface area contributed by atoms with Crippen LogP contribution in [0.1, 0.15) is 17.3 Å². The van der Waals surface area contributed by atoms with Crippen molar-refractivity contribution in [1.82, 2.24) is 0 Å². The van der Waals surface area contributed by atoms with Gasteiger partial charge in [0.2, 0.25) is 0 Å². The van der Waals surface area contributed by atoms with Crippen LogP contribution < -0.4 is 10.1 Å². The minimum absolute atomic E-state index is 0.332. The fourth-order valence-electron chi connectivity index (χ4n) is 1.80. The molecule has 0 aromatic heterocycles. The number of nitrogens with one attached hydrogen (secondary N) is 1. The number of para-hydroxylation sites is 1. The molecule has 2 aromatic rings. The lowest BCUT2D eigenvalue weighted by Gasteiger charge is -2.13. The Morgan fingerprint density at radius 1 is 1.05 bits per heavy atom. The summed E-state index contributed by atoms with van der Waals surface area (Å²) >= 11 is 0. The summed E-state index contributed by atoms with van der Waals surface area (Å²) in [4.78, 5) is 24.0. The number of rotatable bonds is 5. The van der Waals surface area contributed by atoms with Crippen LogP contribution in [0.4, 0.5) is 5.69 Å². The third-order valence-corrected chi connectivity index (χ3v) is 3.00. The van der Waals surface area contributed by atoms with Crippen LogP contribution >= 0.6 is 0 Å². The van der Waals surface area contributed by atoms with Gasteiger partial charge in [-0.3, -0.25) is 4.79 Å². The van der Waals surface area contributed by atoms with Crippen LogP contribution in [0.2, 0.25) is 0 Å². The van der Waals surface area contributed by atoms with Crippen molar-refractivity contribution < 1.29 is 19.1 Å². The summed E-state index contributed by atoms with van der Waals surface area (Å²) < 4.78 is 10.2. The smallest absolute Gasteiger partial charge is 0.339 e. The normalized spacial score (nSPS) is 11.4. The van der Waals surface area contributed by atoms with Gasteiger partial charge in [0.15, 0.2) is 6.10 Å². The lowest BCUT2D eigenvalue weighted by molar-refractivity contribution is -0.123. The number of esters is 1. The molecule has 1 amide bonds. The molecule has 0 aliphatic rings. The topological polar surface area (TPSA) is 64.6 Å². The minimum Gasteiger partial charge on any atom is -0.497 e. The molecule has 114 valence electrons. The third kappa shape index (κ3) is 4.09. The first-order valence-corrected chi connectivity index (χ1v) is 6.81. The highest BCUT2D eigenvalue weighted by molar-refractivity contribution is 5.97. The molecule has 5 heteroatoms. The molecule has 0 saturated carbocycles. The SMILES string of the molecule is COc1cccc(C(=O)O[C@H](C)C(=O)Nc2ccccc2)c1. The molecule has 0 aliphatic carbocycles. The number of hydrogen-bond donors (Lipinski definition) is 1. The van der Waals surface area contributed by atoms with Crippen molar-refractivity contribution in [2.75, 3.05) is 12.4 Å². The van der Waals surface area contributed by atoms with E-state index in [1.54, 1.807) is 36.4 Å². The zero-order valence-corrected chi connectivity index (χ0v) is 12.4. The summed E-state index contributed by atoms with van der Waals surface area (Å²) in [6.07, 6.45) is -0.904. The van der Waals surface area contributed by atoms with Gasteiger partial charge in [0.1, 0.15) is 5.75 Å². The zero-order valence-electron chi connectivity index (χ0n) is 12.4. The molecule has 0 spiro atoms. The number of methoxy groups -OCH3 is 1. The third-order valence-electron chi connectivity index (χ3n) is 3.00. The number of benzene rings is 2. The average molecular weight is 299 g/mol. The summed E-state index contributed by atoms with van der Waals surface area (Å²) in [7, 11) is 1.51. The lowest BCUT2D eigenvalue weighted by Crippen LogP contribution is -2.29. The predicted octanol–water partition coefficient (Wildman–Crippen LogP) is 2.88. The van der Waals surface area contributed by atoms with Crippen molar-refractivity contribution in [3.63, 3.8) is 0 Å². The van der Waals surface area contributed by atoms with Crippen molar-refractivity contribution >= 4 is 17.6 Å². The van der Waals surface area contributed by atoms with Gasteiger partial charge in [0.05, 0.1) is 12.7 Å². The van der Waals surface area contributed by atoms with Crippen molar-refractivity contribution in [3.8, 4) is 5.75 Å². The van der Waals surface area contributed by atoms with E-state index in [9.17, 15) is 9.59 Å². The maximum Gasteiger partial charge on any atom is 0.339 e. The Balaban J connectivity index is 1.97. The van der Waals surface area contributed by atoms with Gasteiger partial charge in [-0.1, -0.05) is 24.3 Å². The van der Waals surface area contributed by atoms with Gasteiger partial charge in [-0.05, 0) is 37.3 Å². The highest BCUT2D eigenvalue weighted by Gasteiger charge is 2.19. The van der Waals surface area contributed by atoms with Crippen LogP contribution in [-0.4, -0.2) is 25.1 Å². The highest BCUT2D eigenvalue weighted by atomic mass is 16.5. The van der Waals surface area contributed by atoms with E-state index < -0.39 is 12.1 Å². The number of carbonyl (C=O) groups excluding carboxylic acids is 2. The summed E-state index contributed by atoms with van der Waals surface area (Å²) in [5.74, 6) is -0.409. The van der Waals surface area contributed by atoms with E-state index in [4.69, 9.17) is 9.47 Å². The summed E-state index contributed by atoms with van der Waals surface area (Å²) in [5.41, 5.74) is 0.982. The van der Waals surface area contributed by atoms with Crippen LogP contribution in [0.3, 0.4) is 0 Å². The molecule has 2 rings (SSSR count). The molecule has 2 aromatic carbocycles. The first-order chi connectivity index (χ1) is 10.6. The van der Waals surface area contributed by atoms with Gasteiger partial charge in [0.25, 0.3) is 5.91 Å². The number of carbonyl (C=O) groups is 2. The Labute approximate surface area is 128 Å². The molecule has 0 bridgehead atoms. The second kappa shape index (κ2) is 7.26. The number of anilines is 1. The van der Waals surface area contributed by atoms with Crippen LogP contribution in [0.25, 0.3) is 0 Å². The van der Waals surface area contributed by atoms with E-state index in [0.717, 1.165) is 0 Å². The molecule has 1 atom stereocenters. The molecule has 0 saturated heterocycles. The monoisotopic (exact) mass is 299 g/mol. The van der Waals surface area contributed by atoms with Crippen LogP contribution in [0.5, 0.6) is 5.75 Å². The summed E-state index contributed by atoms with van der Waals surface area (Å²) in [5, 5.41) is 2.68. The van der Waals surface area contributed by atoms with Gasteiger partial charge < -0.3 is 14.8 Å². The molecule has 5 nitrogen and oxygen atoms in total. The van der Waals surface area contributed by atoms with E-state index >= 15 is 0 Å². The van der Waals surface area contributed by atoms with E-state index in [-0.39, 0.29) is 5.91 Å². The van der Waals surface area contributed by atoms with E-state index in [0.29, 0.717) is 17.0 Å². The van der Waals surface area contributed by atoms with Crippen molar-refractivity contribution in [1.29, 1.82) is 0 Å². The first-order valence-electron chi connectivity index (χ1n) is 6.81. The maximum atomic E-state index is 12.0. The van der Waals surface area contributed by atoms with Crippen molar-refractivity contribution in [2.45, 2.75) is 13.0 Å². The Morgan fingerprint density at radius 2 is 1.77 bits per heavy atom. The van der Waals surface area contributed by atoms with Crippen LogP contribution in [0.15, 0.2) is 54.6 Å². The van der Waals surface area contributed by atoms with Crippen molar-refractivity contribution in [3.05, 3.63) is 60.2 Å². The Bertz CT molecular complexity index is 655. The molecular formula is C17H17NO4. The average Bonchev–Trinajstić information content (AvgIpc) is 2.55. The van der Waals surface area contributed by atoms with Gasteiger partial charge in [-0.15, -0.1) is 0 Å². The molecular weight excluding hydrogens is 282 g/mol. The summed E-state index contributed by atoms with van der Waals surface area (Å²) in [6.45, 7) is 1.52. The van der Waals surface area contributed by atoms with E-state index in [2.05, 4.69) is 5.32 Å². The van der Waals surface area contributed by atoms with Gasteiger partial charge in [-0.2, -0.15) is 0 Å². The second-order valence-electron chi connectivity index (χ2n) is 4.63. The number of ether oxygens (including phenoxy) is 2. The molecule has 0 unspecified atom stereocenters. The van der Waals surface area contributed by atoms with E-state index in [1.165, 1.54) is 14.0 Å². The molecule has 0 fully saturated rings. The summed E-state index contributed by atoms with van der Waals surface area (Å²) in [6, 6.07) is 15.6. The van der Waals surface area contributed by atoms with Gasteiger partial charge >= 0.3 is 5.97 Å². The molecule has 0 heterocycles. The Hall–Kier alpha value is -2.82. The minimum atomic E-state index is -0.904. The first kappa shape index (κ1) is 15.6. The van der Waals surface area contributed by atoms with Gasteiger partial charge in [0, 0.05) is 5.69 Å². The molecule has 1 N–H and O–H groups in total. The largest absolute Gasteiger partial charge is 0.497 e. The maximum absolute atomic E-state index is 12.0. The molecule has 0 aliphatic heterocycles. The fraction of sp³-hybridized carbons (Fsp3) is 0.176. The molecule has 22 heavy (non-hydrogen) atoms. The second-order valence-corrected chi connectivity index (χ2v) is 4.63.